The highest BCUT2D eigenvalue weighted by Crippen LogP contribution is 2.40. The van der Waals surface area contributed by atoms with Gasteiger partial charge in [-0.15, -0.1) is 0 Å². The molecule has 0 atom stereocenters. The molecule has 2 saturated heterocycles. The molecule has 8 N–H and O–H groups in total. The van der Waals surface area contributed by atoms with Crippen LogP contribution in [-0.4, -0.2) is 108 Å². The number of hydrogen-bond donors (Lipinski definition) is 6. The number of pyridine rings is 2. The predicted octanol–water partition coefficient (Wildman–Crippen LogP) is 7.11. The van der Waals surface area contributed by atoms with E-state index < -0.39 is 11.8 Å². The van der Waals surface area contributed by atoms with E-state index in [9.17, 15) is 19.8 Å². The number of rotatable bonds is 18. The second kappa shape index (κ2) is 22.7. The molecule has 16 heteroatoms. The number of benzene rings is 4. The van der Waals surface area contributed by atoms with Gasteiger partial charge in [-0.2, -0.15) is 0 Å². The van der Waals surface area contributed by atoms with Gasteiger partial charge in [-0.1, -0.05) is 30.7 Å². The van der Waals surface area contributed by atoms with E-state index in [1.807, 2.05) is 62.4 Å². The highest BCUT2D eigenvalue weighted by molar-refractivity contribution is 6.09. The van der Waals surface area contributed by atoms with Crippen LogP contribution in [0.25, 0.3) is 21.8 Å². The number of carbonyl (C=O) groups excluding carboxylic acids is 2. The number of primary amides is 2. The van der Waals surface area contributed by atoms with E-state index in [4.69, 9.17) is 30.4 Å². The minimum atomic E-state index is -0.588. The lowest BCUT2D eigenvalue weighted by molar-refractivity contribution is 0.0992. The average Bonchev–Trinajstić information content (AvgIpc) is 3.86. The standard InChI is InChI=1S/C26H32N4O4.C25H30N4O4/c1-17-18(16-31)7-6-8-21(17)29-25-19-13-24(34-12-11-30-9-4-3-5-10-30)23(33-2)14-22(19)28-15-20(25)26(27)32;1-16-17(15-30)6-5-7-20(16)28-24-18-12-23(33-11-10-29-8-3-4-9-29)22(32-2)13-21(18)27-14-19(24)25(26)31/h6-8,13-15,31H,3-5,9-12,16H2,1-2H3,(H2,27,32)(H,28,29);5-7,12-14,30H,3-4,8-11,15H2,1-2H3,(H2,26,31)(H,27,28). The van der Waals surface area contributed by atoms with E-state index in [0.717, 1.165) is 72.9 Å². The van der Waals surface area contributed by atoms with Crippen LogP contribution in [0.15, 0.2) is 73.1 Å². The quantitative estimate of drug-likeness (QED) is 0.0506. The van der Waals surface area contributed by atoms with E-state index >= 15 is 0 Å². The average molecular weight is 915 g/mol. The number of nitrogens with two attached hydrogens (primary N) is 2. The van der Waals surface area contributed by atoms with Crippen molar-refractivity contribution in [3.8, 4) is 23.0 Å². The molecule has 16 nitrogen and oxygen atoms in total. The molecule has 2 aliphatic rings. The fraction of sp³-hybridized carbons (Fsp3) is 0.373. The zero-order valence-corrected chi connectivity index (χ0v) is 38.8. The van der Waals surface area contributed by atoms with Crippen molar-refractivity contribution in [3.63, 3.8) is 0 Å². The number of hydrogen-bond acceptors (Lipinski definition) is 14. The Kier molecular flexibility index (Phi) is 16.3. The number of ether oxygens (including phenoxy) is 4. The number of aliphatic hydroxyl groups is 2. The lowest BCUT2D eigenvalue weighted by Crippen LogP contribution is -2.33. The van der Waals surface area contributed by atoms with Gasteiger partial charge in [0.05, 0.1) is 61.0 Å². The largest absolute Gasteiger partial charge is 0.493 e. The Balaban J connectivity index is 0.000000199. The number of piperidine rings is 1. The summed E-state index contributed by atoms with van der Waals surface area (Å²) >= 11 is 0. The summed E-state index contributed by atoms with van der Waals surface area (Å²) in [6, 6.07) is 18.5. The van der Waals surface area contributed by atoms with Crippen LogP contribution in [-0.2, 0) is 13.2 Å². The van der Waals surface area contributed by atoms with Crippen LogP contribution in [0.2, 0.25) is 0 Å². The Morgan fingerprint density at radius 2 is 1.01 bits per heavy atom. The van der Waals surface area contributed by atoms with Crippen molar-refractivity contribution in [3.05, 3.63) is 106 Å². The minimum absolute atomic E-state index is 0.0761. The summed E-state index contributed by atoms with van der Waals surface area (Å²) in [7, 11) is 3.19. The summed E-state index contributed by atoms with van der Waals surface area (Å²) in [5.74, 6) is 1.14. The highest BCUT2D eigenvalue weighted by atomic mass is 16.5. The second-order valence-electron chi connectivity index (χ2n) is 16.8. The van der Waals surface area contributed by atoms with Crippen molar-refractivity contribution in [2.75, 3.05) is 77.3 Å². The highest BCUT2D eigenvalue weighted by Gasteiger charge is 2.21. The smallest absolute Gasteiger partial charge is 0.252 e. The first kappa shape index (κ1) is 48.2. The van der Waals surface area contributed by atoms with Gasteiger partial charge in [0, 0.05) is 59.8 Å². The number of methoxy groups -OCH3 is 2. The van der Waals surface area contributed by atoms with E-state index in [2.05, 4.69) is 30.4 Å². The van der Waals surface area contributed by atoms with Crippen LogP contribution in [0.4, 0.5) is 22.7 Å². The van der Waals surface area contributed by atoms with Crippen LogP contribution < -0.4 is 41.0 Å². The lowest BCUT2D eigenvalue weighted by atomic mass is 10.0. The number of anilines is 4. The number of nitrogens with zero attached hydrogens (tertiary/aromatic N) is 4. The summed E-state index contributed by atoms with van der Waals surface area (Å²) in [5, 5.41) is 27.4. The molecule has 67 heavy (non-hydrogen) atoms. The summed E-state index contributed by atoms with van der Waals surface area (Å²) in [5.41, 5.74) is 19.2. The molecule has 0 saturated carbocycles. The molecule has 0 unspecified atom stereocenters. The number of nitrogens with one attached hydrogen (secondary N) is 2. The molecule has 2 amide bonds. The van der Waals surface area contributed by atoms with Crippen molar-refractivity contribution in [2.45, 2.75) is 59.2 Å². The summed E-state index contributed by atoms with van der Waals surface area (Å²) in [6.45, 7) is 10.8. The Morgan fingerprint density at radius 1 is 0.612 bits per heavy atom. The Hall–Kier alpha value is -6.72. The third kappa shape index (κ3) is 11.5. The number of fused-ring (bicyclic) bond motifs is 2. The van der Waals surface area contributed by atoms with Crippen molar-refractivity contribution in [2.24, 2.45) is 11.5 Å². The fourth-order valence-electron chi connectivity index (χ4n) is 8.60. The predicted molar refractivity (Wildman–Crippen MR) is 261 cm³/mol. The van der Waals surface area contributed by atoms with Gasteiger partial charge in [0.2, 0.25) is 0 Å². The first-order valence-corrected chi connectivity index (χ1v) is 22.8. The molecular formula is C51H62N8O8. The molecule has 8 rings (SSSR count). The topological polar surface area (TPSA) is 220 Å². The molecule has 2 fully saturated rings. The molecule has 0 bridgehead atoms. The maximum absolute atomic E-state index is 12.3. The van der Waals surface area contributed by atoms with Gasteiger partial charge in [0.1, 0.15) is 13.2 Å². The number of carbonyl (C=O) groups is 2. The van der Waals surface area contributed by atoms with Crippen LogP contribution in [0.5, 0.6) is 23.0 Å². The Labute approximate surface area is 391 Å². The van der Waals surface area contributed by atoms with Crippen LogP contribution in [0, 0.1) is 13.8 Å². The molecule has 2 aliphatic heterocycles. The molecular weight excluding hydrogens is 853 g/mol. The minimum Gasteiger partial charge on any atom is -0.493 e. The molecule has 4 heterocycles. The number of amides is 2. The Bertz CT molecular complexity index is 2700. The Morgan fingerprint density at radius 3 is 1.39 bits per heavy atom. The first-order chi connectivity index (χ1) is 32.5. The number of aromatic nitrogens is 2. The van der Waals surface area contributed by atoms with Gasteiger partial charge < -0.3 is 51.3 Å². The molecule has 6 aromatic rings. The molecule has 0 radical (unpaired) electrons. The van der Waals surface area contributed by atoms with Gasteiger partial charge in [0.15, 0.2) is 23.0 Å². The van der Waals surface area contributed by atoms with E-state index in [0.29, 0.717) is 69.4 Å². The van der Waals surface area contributed by atoms with Crippen molar-refractivity contribution >= 4 is 56.4 Å². The second-order valence-corrected chi connectivity index (χ2v) is 16.8. The molecule has 0 spiro atoms. The third-order valence-electron chi connectivity index (χ3n) is 12.6. The van der Waals surface area contributed by atoms with Gasteiger partial charge >= 0.3 is 0 Å². The summed E-state index contributed by atoms with van der Waals surface area (Å²) in [4.78, 5) is 38.1. The van der Waals surface area contributed by atoms with Crippen molar-refractivity contribution in [1.82, 2.24) is 19.8 Å². The van der Waals surface area contributed by atoms with Crippen molar-refractivity contribution in [1.29, 1.82) is 0 Å². The van der Waals surface area contributed by atoms with Gasteiger partial charge in [-0.3, -0.25) is 29.4 Å². The zero-order valence-electron chi connectivity index (χ0n) is 38.8. The van der Waals surface area contributed by atoms with E-state index in [1.54, 1.807) is 26.4 Å². The van der Waals surface area contributed by atoms with Gasteiger partial charge in [-0.05, 0) is 112 Å². The first-order valence-electron chi connectivity index (χ1n) is 22.8. The van der Waals surface area contributed by atoms with E-state index in [1.165, 1.54) is 44.5 Å². The van der Waals surface area contributed by atoms with Crippen LogP contribution in [0.3, 0.4) is 0 Å². The summed E-state index contributed by atoms with van der Waals surface area (Å²) < 4.78 is 23.3. The summed E-state index contributed by atoms with van der Waals surface area (Å²) in [6.07, 6.45) is 9.14. The molecule has 4 aromatic carbocycles. The van der Waals surface area contributed by atoms with E-state index in [-0.39, 0.29) is 24.3 Å². The third-order valence-corrected chi connectivity index (χ3v) is 12.6. The number of likely N-dealkylation sites (tertiary alicyclic amines) is 2. The van der Waals surface area contributed by atoms with Gasteiger partial charge in [0.25, 0.3) is 11.8 Å². The van der Waals surface area contributed by atoms with Crippen LogP contribution in [0.1, 0.15) is 75.1 Å². The fourth-order valence-corrected chi connectivity index (χ4v) is 8.60. The van der Waals surface area contributed by atoms with Crippen LogP contribution >= 0.6 is 0 Å². The SMILES string of the molecule is COc1cc2ncc(C(N)=O)c(Nc3cccc(CO)c3C)c2cc1OCCN1CCCC1.COc1cc2ncc(C(N)=O)c(Nc3cccc(CO)c3C)c2cc1OCCN1CCCCC1. The molecule has 0 aliphatic carbocycles. The van der Waals surface area contributed by atoms with Gasteiger partial charge in [-0.25, -0.2) is 0 Å². The maximum Gasteiger partial charge on any atom is 0.252 e. The lowest BCUT2D eigenvalue weighted by Gasteiger charge is -2.26. The molecule has 354 valence electrons. The maximum atomic E-state index is 12.3. The number of aliphatic hydroxyl groups excluding tert-OH is 2. The molecule has 2 aromatic heterocycles. The zero-order chi connectivity index (χ0) is 47.5. The monoisotopic (exact) mass is 914 g/mol. The normalized spacial score (nSPS) is 14.1. The van der Waals surface area contributed by atoms with Crippen molar-refractivity contribution < 1.29 is 38.7 Å².